The summed E-state index contributed by atoms with van der Waals surface area (Å²) in [4.78, 5) is 9.12. The quantitative estimate of drug-likeness (QED) is 0.793. The van der Waals surface area contributed by atoms with Crippen LogP contribution < -0.4 is 0 Å². The molecule has 0 saturated heterocycles. The zero-order valence-corrected chi connectivity index (χ0v) is 13.5. The number of benzene rings is 1. The first-order valence-corrected chi connectivity index (χ1v) is 7.96. The minimum absolute atomic E-state index is 0.00894. The monoisotopic (exact) mass is 339 g/mol. The highest BCUT2D eigenvalue weighted by atomic mass is 35.5. The molecule has 7 heteroatoms. The molecule has 0 aliphatic carbocycles. The molecule has 0 radical (unpaired) electrons. The highest BCUT2D eigenvalue weighted by molar-refractivity contribution is 6.31. The molecule has 1 aliphatic rings. The molecule has 24 heavy (non-hydrogen) atoms. The number of aliphatic imine (C=N–C) groups is 1. The van der Waals surface area contributed by atoms with Crippen molar-refractivity contribution in [3.8, 4) is 5.69 Å². The maximum Gasteiger partial charge on any atom is 0.159 e. The molecule has 1 aromatic carbocycles. The van der Waals surface area contributed by atoms with E-state index in [1.54, 1.807) is 6.20 Å². The Kier molecular flexibility index (Phi) is 3.84. The highest BCUT2D eigenvalue weighted by Gasteiger charge is 2.23. The summed E-state index contributed by atoms with van der Waals surface area (Å²) in [5, 5.41) is 18.3. The van der Waals surface area contributed by atoms with Crippen LogP contribution in [0.4, 0.5) is 0 Å². The summed E-state index contributed by atoms with van der Waals surface area (Å²) in [6.07, 6.45) is 2.16. The van der Waals surface area contributed by atoms with Gasteiger partial charge in [-0.2, -0.15) is 0 Å². The van der Waals surface area contributed by atoms with E-state index < -0.39 is 0 Å². The number of aromatic nitrogens is 4. The molecule has 2 aromatic heterocycles. The van der Waals surface area contributed by atoms with Gasteiger partial charge in [0.25, 0.3) is 0 Å². The third-order valence-corrected chi connectivity index (χ3v) is 4.11. The molecule has 0 spiro atoms. The maximum atomic E-state index is 9.29. The van der Waals surface area contributed by atoms with Crippen molar-refractivity contribution >= 4 is 17.3 Å². The van der Waals surface area contributed by atoms with Crippen molar-refractivity contribution in [2.24, 2.45) is 4.99 Å². The van der Waals surface area contributed by atoms with E-state index in [1.165, 1.54) is 0 Å². The first kappa shape index (κ1) is 15.0. The molecule has 120 valence electrons. The number of aliphatic hydroxyl groups is 1. The molecule has 6 nitrogen and oxygen atoms in total. The van der Waals surface area contributed by atoms with Crippen LogP contribution in [0.3, 0.4) is 0 Å². The third-order valence-electron chi connectivity index (χ3n) is 3.87. The molecule has 0 saturated carbocycles. The van der Waals surface area contributed by atoms with Gasteiger partial charge in [0.05, 0.1) is 23.7 Å². The van der Waals surface area contributed by atoms with E-state index in [1.807, 2.05) is 41.0 Å². The van der Waals surface area contributed by atoms with Gasteiger partial charge in [0, 0.05) is 23.2 Å². The third kappa shape index (κ3) is 2.50. The zero-order valence-electron chi connectivity index (χ0n) is 12.7. The number of hydrogen-bond acceptors (Lipinski definition) is 5. The average molecular weight is 340 g/mol. The zero-order chi connectivity index (χ0) is 16.5. The molecular weight excluding hydrogens is 326 g/mol. The van der Waals surface area contributed by atoms with Crippen molar-refractivity contribution in [3.05, 3.63) is 70.5 Å². The summed E-state index contributed by atoms with van der Waals surface area (Å²) in [5.41, 5.74) is 3.32. The molecule has 1 aliphatic heterocycles. The maximum absolute atomic E-state index is 9.29. The van der Waals surface area contributed by atoms with Gasteiger partial charge in [-0.1, -0.05) is 17.7 Å². The number of hydrogen-bond donors (Lipinski definition) is 1. The van der Waals surface area contributed by atoms with Crippen molar-refractivity contribution in [1.82, 2.24) is 19.7 Å². The fourth-order valence-electron chi connectivity index (χ4n) is 2.85. The van der Waals surface area contributed by atoms with E-state index >= 15 is 0 Å². The Bertz CT molecular complexity index is 920. The van der Waals surface area contributed by atoms with Crippen molar-refractivity contribution in [3.63, 3.8) is 0 Å². The lowest BCUT2D eigenvalue weighted by Crippen LogP contribution is -2.11. The molecule has 1 N–H and O–H groups in total. The Balaban J connectivity index is 1.96. The van der Waals surface area contributed by atoms with Gasteiger partial charge in [-0.3, -0.25) is 14.5 Å². The lowest BCUT2D eigenvalue weighted by molar-refractivity contribution is 0.296. The van der Waals surface area contributed by atoms with Crippen LogP contribution >= 0.6 is 11.6 Å². The predicted molar refractivity (Wildman–Crippen MR) is 90.7 cm³/mol. The Morgan fingerprint density at radius 1 is 1.17 bits per heavy atom. The van der Waals surface area contributed by atoms with Crippen molar-refractivity contribution in [1.29, 1.82) is 0 Å². The lowest BCUT2D eigenvalue weighted by atomic mass is 10.0. The molecule has 0 unspecified atom stereocenters. The van der Waals surface area contributed by atoms with Crippen LogP contribution in [-0.4, -0.2) is 37.2 Å². The average Bonchev–Trinajstić information content (AvgIpc) is 2.92. The van der Waals surface area contributed by atoms with Gasteiger partial charge >= 0.3 is 0 Å². The summed E-state index contributed by atoms with van der Waals surface area (Å²) in [5.74, 6) is 1.43. The van der Waals surface area contributed by atoms with Crippen molar-refractivity contribution in [2.45, 2.75) is 13.0 Å². The fraction of sp³-hybridized carbons (Fsp3) is 0.176. The number of nitrogens with zero attached hydrogens (tertiary/aromatic N) is 5. The minimum Gasteiger partial charge on any atom is -0.396 e. The first-order chi connectivity index (χ1) is 11.8. The molecular formula is C17H14ClN5O. The Morgan fingerprint density at radius 3 is 2.88 bits per heavy atom. The molecule has 0 bridgehead atoms. The minimum atomic E-state index is 0.00894. The largest absolute Gasteiger partial charge is 0.396 e. The number of aliphatic hydroxyl groups excluding tert-OH is 1. The molecule has 4 rings (SSSR count). The predicted octanol–water partition coefficient (Wildman–Crippen LogP) is 2.20. The number of halogens is 1. The van der Waals surface area contributed by atoms with Gasteiger partial charge in [0.2, 0.25) is 0 Å². The van der Waals surface area contributed by atoms with Crippen LogP contribution in [0, 0.1) is 0 Å². The van der Waals surface area contributed by atoms with E-state index in [0.717, 1.165) is 28.5 Å². The van der Waals surface area contributed by atoms with Crippen LogP contribution in [0.1, 0.15) is 22.9 Å². The van der Waals surface area contributed by atoms with E-state index in [9.17, 15) is 5.11 Å². The Hall–Kier alpha value is -2.57. The summed E-state index contributed by atoms with van der Waals surface area (Å²) in [6.45, 7) is 0.394. The van der Waals surface area contributed by atoms with E-state index in [2.05, 4.69) is 15.2 Å². The summed E-state index contributed by atoms with van der Waals surface area (Å²) >= 11 is 6.23. The van der Waals surface area contributed by atoms with Gasteiger partial charge in [0.1, 0.15) is 12.4 Å². The highest BCUT2D eigenvalue weighted by Crippen LogP contribution is 2.27. The van der Waals surface area contributed by atoms with Crippen LogP contribution in [-0.2, 0) is 13.0 Å². The Labute approximate surface area is 143 Å². The molecule has 0 amide bonds. The fourth-order valence-corrected chi connectivity index (χ4v) is 3.02. The van der Waals surface area contributed by atoms with Gasteiger partial charge < -0.3 is 5.11 Å². The SMILES string of the molecule is OCCc1nnc2n1-c1ccc(Cl)cc1C(c1ccccn1)=NC2. The van der Waals surface area contributed by atoms with Gasteiger partial charge in [-0.25, -0.2) is 0 Å². The summed E-state index contributed by atoms with van der Waals surface area (Å²) < 4.78 is 1.95. The topological polar surface area (TPSA) is 76.2 Å². The second-order valence-electron chi connectivity index (χ2n) is 5.38. The van der Waals surface area contributed by atoms with Crippen LogP contribution in [0.5, 0.6) is 0 Å². The van der Waals surface area contributed by atoms with E-state index in [4.69, 9.17) is 16.6 Å². The standard InChI is InChI=1S/C17H14ClN5O/c18-11-4-5-14-12(9-11)17(13-3-1-2-7-19-13)20-10-16-22-21-15(6-8-24)23(14)16/h1-5,7,9,24H,6,8,10H2. The van der Waals surface area contributed by atoms with E-state index in [0.29, 0.717) is 23.8 Å². The lowest BCUT2D eigenvalue weighted by Gasteiger charge is -2.13. The molecule has 3 aromatic rings. The van der Waals surface area contributed by atoms with Gasteiger partial charge in [0.15, 0.2) is 5.82 Å². The van der Waals surface area contributed by atoms with Crippen LogP contribution in [0.25, 0.3) is 5.69 Å². The second-order valence-corrected chi connectivity index (χ2v) is 5.82. The Morgan fingerprint density at radius 2 is 2.08 bits per heavy atom. The molecule has 0 fully saturated rings. The number of pyridine rings is 1. The summed E-state index contributed by atoms with van der Waals surface area (Å²) in [7, 11) is 0. The van der Waals surface area contributed by atoms with E-state index in [-0.39, 0.29) is 6.61 Å². The smallest absolute Gasteiger partial charge is 0.159 e. The van der Waals surface area contributed by atoms with Crippen molar-refractivity contribution < 1.29 is 5.11 Å². The van der Waals surface area contributed by atoms with Crippen molar-refractivity contribution in [2.75, 3.05) is 6.61 Å². The van der Waals surface area contributed by atoms with Gasteiger partial charge in [-0.15, -0.1) is 10.2 Å². The number of fused-ring (bicyclic) bond motifs is 3. The van der Waals surface area contributed by atoms with Crippen LogP contribution in [0.2, 0.25) is 5.02 Å². The van der Waals surface area contributed by atoms with Gasteiger partial charge in [-0.05, 0) is 30.3 Å². The first-order valence-electron chi connectivity index (χ1n) is 7.58. The number of rotatable bonds is 3. The summed E-state index contributed by atoms with van der Waals surface area (Å²) in [6, 6.07) is 11.3. The molecule has 3 heterocycles. The second kappa shape index (κ2) is 6.14. The van der Waals surface area contributed by atoms with Crippen LogP contribution in [0.15, 0.2) is 47.6 Å². The normalized spacial score (nSPS) is 13.0. The molecule has 0 atom stereocenters.